The number of halogens is 3. The van der Waals surface area contributed by atoms with E-state index in [0.29, 0.717) is 18.7 Å². The highest BCUT2D eigenvalue weighted by Gasteiger charge is 2.27. The van der Waals surface area contributed by atoms with Crippen LogP contribution in [0.1, 0.15) is 25.1 Å². The molecule has 0 spiro atoms. The van der Waals surface area contributed by atoms with E-state index in [1.54, 1.807) is 13.1 Å². The van der Waals surface area contributed by atoms with Gasteiger partial charge in [0.05, 0.1) is 11.9 Å². The first-order valence-corrected chi connectivity index (χ1v) is 5.18. The van der Waals surface area contributed by atoms with Gasteiger partial charge in [0.1, 0.15) is 6.61 Å². The third kappa shape index (κ3) is 5.64. The smallest absolute Gasteiger partial charge is 0.372 e. The lowest BCUT2D eigenvalue weighted by Gasteiger charge is -2.07. The Morgan fingerprint density at radius 3 is 2.76 bits per heavy atom. The Morgan fingerprint density at radius 1 is 1.53 bits per heavy atom. The van der Waals surface area contributed by atoms with Gasteiger partial charge in [-0.1, -0.05) is 5.21 Å². The van der Waals surface area contributed by atoms with Gasteiger partial charge in [-0.25, -0.2) is 0 Å². The van der Waals surface area contributed by atoms with Crippen LogP contribution >= 0.6 is 0 Å². The first-order valence-electron chi connectivity index (χ1n) is 5.18. The maximum atomic E-state index is 11.7. The number of nitrogens with two attached hydrogens (primary N) is 1. The van der Waals surface area contributed by atoms with Gasteiger partial charge < -0.3 is 10.5 Å². The Morgan fingerprint density at radius 2 is 2.24 bits per heavy atom. The van der Waals surface area contributed by atoms with Crippen LogP contribution in [0, 0.1) is 0 Å². The quantitative estimate of drug-likeness (QED) is 0.774. The number of aryl methyl sites for hydroxylation is 1. The first-order chi connectivity index (χ1) is 7.88. The molecule has 0 amide bonds. The van der Waals surface area contributed by atoms with Crippen LogP contribution in [0.2, 0.25) is 0 Å². The zero-order valence-corrected chi connectivity index (χ0v) is 9.44. The predicted octanol–water partition coefficient (Wildman–Crippen LogP) is 1.27. The first kappa shape index (κ1) is 13.9. The average Bonchev–Trinajstić information content (AvgIpc) is 2.64. The molecular weight excluding hydrogens is 237 g/mol. The van der Waals surface area contributed by atoms with E-state index in [9.17, 15) is 13.2 Å². The fourth-order valence-electron chi connectivity index (χ4n) is 1.15. The number of aromatic nitrogens is 3. The number of hydrogen-bond donors (Lipinski definition) is 1. The highest BCUT2D eigenvalue weighted by atomic mass is 19.4. The van der Waals surface area contributed by atoms with Gasteiger partial charge in [0.15, 0.2) is 0 Å². The molecule has 1 aromatic rings. The Labute approximate surface area is 96.7 Å². The molecule has 2 N–H and O–H groups in total. The molecule has 0 fully saturated rings. The SMILES string of the molecule is CC(N)c1cn(CCCOCC(F)(F)F)nn1. The van der Waals surface area contributed by atoms with E-state index in [4.69, 9.17) is 5.73 Å². The van der Waals surface area contributed by atoms with E-state index in [0.717, 1.165) is 0 Å². The summed E-state index contributed by atoms with van der Waals surface area (Å²) in [5.41, 5.74) is 6.24. The van der Waals surface area contributed by atoms with E-state index in [1.165, 1.54) is 4.68 Å². The molecule has 0 saturated carbocycles. The summed E-state index contributed by atoms with van der Waals surface area (Å²) in [6.45, 7) is 1.06. The van der Waals surface area contributed by atoms with Crippen molar-refractivity contribution in [1.29, 1.82) is 0 Å². The van der Waals surface area contributed by atoms with Crippen molar-refractivity contribution < 1.29 is 17.9 Å². The largest absolute Gasteiger partial charge is 0.411 e. The molecule has 0 aromatic carbocycles. The minimum Gasteiger partial charge on any atom is -0.372 e. The number of hydrogen-bond acceptors (Lipinski definition) is 4. The molecule has 0 bridgehead atoms. The highest BCUT2D eigenvalue weighted by Crippen LogP contribution is 2.14. The van der Waals surface area contributed by atoms with Gasteiger partial charge in [-0.2, -0.15) is 13.2 Å². The fourth-order valence-corrected chi connectivity index (χ4v) is 1.15. The monoisotopic (exact) mass is 252 g/mol. The van der Waals surface area contributed by atoms with E-state index in [1.807, 2.05) is 0 Å². The van der Waals surface area contributed by atoms with Crippen molar-refractivity contribution in [3.63, 3.8) is 0 Å². The molecule has 1 rings (SSSR count). The zero-order valence-electron chi connectivity index (χ0n) is 9.44. The topological polar surface area (TPSA) is 66.0 Å². The van der Waals surface area contributed by atoms with Crippen LogP contribution in [-0.4, -0.2) is 34.4 Å². The van der Waals surface area contributed by atoms with Gasteiger partial charge >= 0.3 is 6.18 Å². The molecule has 1 atom stereocenters. The van der Waals surface area contributed by atoms with Crippen molar-refractivity contribution in [3.8, 4) is 0 Å². The molecule has 5 nitrogen and oxygen atoms in total. The predicted molar refractivity (Wildman–Crippen MR) is 54.1 cm³/mol. The van der Waals surface area contributed by atoms with Crippen LogP contribution in [0.15, 0.2) is 6.20 Å². The molecule has 0 aliphatic rings. The lowest BCUT2D eigenvalue weighted by molar-refractivity contribution is -0.174. The fraction of sp³-hybridized carbons (Fsp3) is 0.778. The van der Waals surface area contributed by atoms with Crippen LogP contribution < -0.4 is 5.73 Å². The summed E-state index contributed by atoms with van der Waals surface area (Å²) in [6.07, 6.45) is -2.15. The van der Waals surface area contributed by atoms with Crippen LogP contribution in [-0.2, 0) is 11.3 Å². The maximum absolute atomic E-state index is 11.7. The van der Waals surface area contributed by atoms with Crippen LogP contribution in [0.4, 0.5) is 13.2 Å². The van der Waals surface area contributed by atoms with Crippen LogP contribution in [0.5, 0.6) is 0 Å². The summed E-state index contributed by atoms with van der Waals surface area (Å²) < 4.78 is 41.2. The molecule has 1 heterocycles. The second-order valence-electron chi connectivity index (χ2n) is 3.72. The van der Waals surface area contributed by atoms with Crippen molar-refractivity contribution in [2.45, 2.75) is 32.1 Å². The van der Waals surface area contributed by atoms with Crippen molar-refractivity contribution in [2.75, 3.05) is 13.2 Å². The summed E-state index contributed by atoms with van der Waals surface area (Å²) in [5.74, 6) is 0. The van der Waals surface area contributed by atoms with Gasteiger partial charge in [-0.05, 0) is 13.3 Å². The molecule has 0 saturated heterocycles. The number of rotatable bonds is 6. The van der Waals surface area contributed by atoms with Crippen LogP contribution in [0.25, 0.3) is 0 Å². The van der Waals surface area contributed by atoms with Gasteiger partial charge in [-0.3, -0.25) is 4.68 Å². The van der Waals surface area contributed by atoms with Crippen LogP contribution in [0.3, 0.4) is 0 Å². The number of ether oxygens (including phenoxy) is 1. The Hall–Kier alpha value is -1.15. The Balaban J connectivity index is 2.18. The normalized spacial score (nSPS) is 13.9. The molecule has 98 valence electrons. The standard InChI is InChI=1S/C9H15F3N4O/c1-7(13)8-5-16(15-14-8)3-2-4-17-6-9(10,11)12/h5,7H,2-4,6,13H2,1H3. The third-order valence-corrected chi connectivity index (χ3v) is 1.96. The molecule has 1 unspecified atom stereocenters. The molecule has 0 aliphatic heterocycles. The minimum atomic E-state index is -4.27. The van der Waals surface area contributed by atoms with Gasteiger partial charge in [0, 0.05) is 19.2 Å². The summed E-state index contributed by atoms with van der Waals surface area (Å²) >= 11 is 0. The summed E-state index contributed by atoms with van der Waals surface area (Å²) in [4.78, 5) is 0. The summed E-state index contributed by atoms with van der Waals surface area (Å²) in [7, 11) is 0. The molecule has 1 aromatic heterocycles. The zero-order chi connectivity index (χ0) is 12.9. The average molecular weight is 252 g/mol. The number of nitrogens with zero attached hydrogens (tertiary/aromatic N) is 3. The lowest BCUT2D eigenvalue weighted by atomic mass is 10.3. The van der Waals surface area contributed by atoms with Crippen molar-refractivity contribution in [1.82, 2.24) is 15.0 Å². The molecule has 0 radical (unpaired) electrons. The van der Waals surface area contributed by atoms with E-state index in [2.05, 4.69) is 15.0 Å². The summed E-state index contributed by atoms with van der Waals surface area (Å²) in [6, 6.07) is -0.203. The van der Waals surface area contributed by atoms with Gasteiger partial charge in [0.2, 0.25) is 0 Å². The highest BCUT2D eigenvalue weighted by molar-refractivity contribution is 4.97. The van der Waals surface area contributed by atoms with Gasteiger partial charge in [0.25, 0.3) is 0 Å². The van der Waals surface area contributed by atoms with E-state index >= 15 is 0 Å². The van der Waals surface area contributed by atoms with Crippen molar-refractivity contribution in [2.24, 2.45) is 5.73 Å². The Bertz CT molecular complexity index is 337. The number of alkyl halides is 3. The van der Waals surface area contributed by atoms with Crippen molar-refractivity contribution >= 4 is 0 Å². The molecule has 17 heavy (non-hydrogen) atoms. The molecule has 8 heteroatoms. The molecule has 0 aliphatic carbocycles. The molecular formula is C9H15F3N4O. The second-order valence-corrected chi connectivity index (χ2v) is 3.72. The van der Waals surface area contributed by atoms with Crippen molar-refractivity contribution in [3.05, 3.63) is 11.9 Å². The lowest BCUT2D eigenvalue weighted by Crippen LogP contribution is -2.17. The third-order valence-electron chi connectivity index (χ3n) is 1.96. The van der Waals surface area contributed by atoms with E-state index < -0.39 is 12.8 Å². The minimum absolute atomic E-state index is 0.0346. The second kappa shape index (κ2) is 5.97. The maximum Gasteiger partial charge on any atom is 0.411 e. The summed E-state index contributed by atoms with van der Waals surface area (Å²) in [5, 5.41) is 7.61. The van der Waals surface area contributed by atoms with E-state index in [-0.39, 0.29) is 12.6 Å². The Kier molecular flexibility index (Phi) is 4.88. The van der Waals surface area contributed by atoms with Gasteiger partial charge in [-0.15, -0.1) is 5.10 Å².